The Kier molecular flexibility index (Phi) is 7.50. The highest BCUT2D eigenvalue weighted by Crippen LogP contribution is 2.03. The summed E-state index contributed by atoms with van der Waals surface area (Å²) in [6.07, 6.45) is 4.68. The maximum atomic E-state index is 11.5. The molecule has 0 aromatic rings. The predicted octanol–water partition coefficient (Wildman–Crippen LogP) is 1.11. The zero-order chi connectivity index (χ0) is 13.3. The number of esters is 2. The minimum absolute atomic E-state index is 0.105. The van der Waals surface area contributed by atoms with Gasteiger partial charge < -0.3 is 14.4 Å². The van der Waals surface area contributed by atoms with E-state index in [1.807, 2.05) is 14.1 Å². The second kappa shape index (κ2) is 8.38. The van der Waals surface area contributed by atoms with Gasteiger partial charge in [-0.3, -0.25) is 0 Å². The van der Waals surface area contributed by atoms with Gasteiger partial charge in [0.2, 0.25) is 0 Å². The lowest BCUT2D eigenvalue weighted by atomic mass is 10.2. The van der Waals surface area contributed by atoms with Crippen molar-refractivity contribution in [2.75, 3.05) is 27.3 Å². The Morgan fingerprint density at radius 2 is 1.53 bits per heavy atom. The van der Waals surface area contributed by atoms with Gasteiger partial charge in [0.25, 0.3) is 0 Å². The fraction of sp³-hybridized carbons (Fsp3) is 0.500. The predicted molar refractivity (Wildman–Crippen MR) is 64.2 cm³/mol. The van der Waals surface area contributed by atoms with Crippen molar-refractivity contribution in [2.24, 2.45) is 0 Å². The van der Waals surface area contributed by atoms with Crippen LogP contribution in [-0.2, 0) is 19.1 Å². The van der Waals surface area contributed by atoms with Crippen LogP contribution in [0.3, 0.4) is 0 Å². The maximum absolute atomic E-state index is 11.5. The number of nitrogens with zero attached hydrogens (tertiary/aromatic N) is 1. The first-order chi connectivity index (χ1) is 8.02. The number of hydrogen-bond acceptors (Lipinski definition) is 5. The molecule has 0 amide bonds. The van der Waals surface area contributed by atoms with Crippen LogP contribution in [0.15, 0.2) is 23.9 Å². The van der Waals surface area contributed by atoms with E-state index in [0.29, 0.717) is 0 Å². The quantitative estimate of drug-likeness (QED) is 0.229. The first-order valence-corrected chi connectivity index (χ1v) is 5.42. The second-order valence-corrected chi connectivity index (χ2v) is 3.33. The van der Waals surface area contributed by atoms with E-state index in [-0.39, 0.29) is 18.8 Å². The molecule has 0 spiro atoms. The molecule has 17 heavy (non-hydrogen) atoms. The van der Waals surface area contributed by atoms with Gasteiger partial charge in [-0.15, -0.1) is 0 Å². The Labute approximate surface area is 102 Å². The molecule has 0 heterocycles. The number of carbonyl (C=O) groups is 2. The first-order valence-electron chi connectivity index (χ1n) is 5.42. The number of allylic oxidation sites excluding steroid dienone is 2. The Hall–Kier alpha value is -1.78. The van der Waals surface area contributed by atoms with Crippen LogP contribution in [0.2, 0.25) is 0 Å². The molecule has 0 N–H and O–H groups in total. The topological polar surface area (TPSA) is 55.8 Å². The average Bonchev–Trinajstić information content (AvgIpc) is 2.24. The summed E-state index contributed by atoms with van der Waals surface area (Å²) in [4.78, 5) is 24.8. The highest BCUT2D eigenvalue weighted by Gasteiger charge is 2.19. The van der Waals surface area contributed by atoms with Gasteiger partial charge in [0.05, 0.1) is 13.2 Å². The Balaban J connectivity index is 4.84. The first kappa shape index (κ1) is 15.2. The van der Waals surface area contributed by atoms with E-state index in [1.165, 1.54) is 6.08 Å². The van der Waals surface area contributed by atoms with Crippen molar-refractivity contribution in [3.05, 3.63) is 23.9 Å². The van der Waals surface area contributed by atoms with Crippen LogP contribution in [0.1, 0.15) is 13.8 Å². The van der Waals surface area contributed by atoms with E-state index in [2.05, 4.69) is 0 Å². The lowest BCUT2D eigenvalue weighted by Crippen LogP contribution is -2.18. The molecule has 5 nitrogen and oxygen atoms in total. The summed E-state index contributed by atoms with van der Waals surface area (Å²) in [7, 11) is 3.66. The molecular weight excluding hydrogens is 222 g/mol. The van der Waals surface area contributed by atoms with Gasteiger partial charge in [-0.05, 0) is 32.2 Å². The van der Waals surface area contributed by atoms with Gasteiger partial charge in [0, 0.05) is 14.1 Å². The molecule has 5 heteroatoms. The van der Waals surface area contributed by atoms with E-state index in [0.717, 1.165) is 0 Å². The summed E-state index contributed by atoms with van der Waals surface area (Å²) in [6.45, 7) is 3.78. The van der Waals surface area contributed by atoms with Crippen LogP contribution in [0, 0.1) is 0 Å². The van der Waals surface area contributed by atoms with Crippen molar-refractivity contribution in [3.63, 3.8) is 0 Å². The lowest BCUT2D eigenvalue weighted by Gasteiger charge is -2.06. The number of hydrogen-bond donors (Lipinski definition) is 0. The highest BCUT2D eigenvalue weighted by atomic mass is 16.6. The minimum atomic E-state index is -0.672. The van der Waals surface area contributed by atoms with E-state index >= 15 is 0 Å². The van der Waals surface area contributed by atoms with Gasteiger partial charge >= 0.3 is 11.9 Å². The monoisotopic (exact) mass is 241 g/mol. The summed E-state index contributed by atoms with van der Waals surface area (Å²) in [5.74, 6) is -1.34. The summed E-state index contributed by atoms with van der Waals surface area (Å²) in [6, 6.07) is 0. The SMILES string of the molecule is CCOC(=O)C(=CC=CN(C)C)C(=O)OCC. The van der Waals surface area contributed by atoms with E-state index in [1.54, 1.807) is 31.0 Å². The second-order valence-electron chi connectivity index (χ2n) is 3.33. The molecule has 0 unspecified atom stereocenters. The number of ether oxygens (including phenoxy) is 2. The molecule has 0 aromatic heterocycles. The van der Waals surface area contributed by atoms with Crippen LogP contribution >= 0.6 is 0 Å². The molecule has 0 fully saturated rings. The largest absolute Gasteiger partial charge is 0.462 e. The third-order valence-electron chi connectivity index (χ3n) is 1.64. The maximum Gasteiger partial charge on any atom is 0.345 e. The molecule has 0 aliphatic rings. The van der Waals surface area contributed by atoms with Crippen molar-refractivity contribution in [3.8, 4) is 0 Å². The van der Waals surface area contributed by atoms with Gasteiger partial charge in [-0.2, -0.15) is 0 Å². The average molecular weight is 241 g/mol. The molecule has 0 aliphatic carbocycles. The zero-order valence-corrected chi connectivity index (χ0v) is 10.7. The standard InChI is InChI=1S/C12H19NO4/c1-5-16-11(14)10(12(15)17-6-2)8-7-9-13(3)4/h7-9H,5-6H2,1-4H3. The van der Waals surface area contributed by atoms with Crippen LogP contribution in [-0.4, -0.2) is 44.1 Å². The lowest BCUT2D eigenvalue weighted by molar-refractivity contribution is -0.146. The normalized spacial score (nSPS) is 9.88. The molecular formula is C12H19NO4. The molecule has 0 bridgehead atoms. The number of carbonyl (C=O) groups excluding carboxylic acids is 2. The smallest absolute Gasteiger partial charge is 0.345 e. The van der Waals surface area contributed by atoms with Crippen molar-refractivity contribution >= 4 is 11.9 Å². The molecule has 0 aliphatic heterocycles. The molecule has 0 radical (unpaired) electrons. The highest BCUT2D eigenvalue weighted by molar-refractivity contribution is 6.14. The van der Waals surface area contributed by atoms with Crippen molar-refractivity contribution < 1.29 is 19.1 Å². The molecule has 0 saturated carbocycles. The third-order valence-corrected chi connectivity index (χ3v) is 1.64. The van der Waals surface area contributed by atoms with Crippen molar-refractivity contribution in [1.82, 2.24) is 4.90 Å². The zero-order valence-electron chi connectivity index (χ0n) is 10.7. The third kappa shape index (κ3) is 6.40. The van der Waals surface area contributed by atoms with Gasteiger partial charge in [0.1, 0.15) is 5.57 Å². The van der Waals surface area contributed by atoms with Gasteiger partial charge in [-0.1, -0.05) is 0 Å². The molecule has 96 valence electrons. The summed E-state index contributed by atoms with van der Waals surface area (Å²) >= 11 is 0. The summed E-state index contributed by atoms with van der Waals surface area (Å²) in [5.41, 5.74) is -0.105. The molecule has 0 atom stereocenters. The Morgan fingerprint density at radius 1 is 1.06 bits per heavy atom. The summed E-state index contributed by atoms with van der Waals surface area (Å²) in [5, 5.41) is 0. The number of rotatable bonds is 6. The van der Waals surface area contributed by atoms with Crippen molar-refractivity contribution in [1.29, 1.82) is 0 Å². The van der Waals surface area contributed by atoms with Crippen LogP contribution in [0.5, 0.6) is 0 Å². The summed E-state index contributed by atoms with van der Waals surface area (Å²) < 4.78 is 9.55. The van der Waals surface area contributed by atoms with Crippen LogP contribution in [0.25, 0.3) is 0 Å². The van der Waals surface area contributed by atoms with Gasteiger partial charge in [-0.25, -0.2) is 9.59 Å². The van der Waals surface area contributed by atoms with E-state index < -0.39 is 11.9 Å². The van der Waals surface area contributed by atoms with Crippen LogP contribution < -0.4 is 0 Å². The van der Waals surface area contributed by atoms with E-state index in [4.69, 9.17) is 9.47 Å². The van der Waals surface area contributed by atoms with Crippen LogP contribution in [0.4, 0.5) is 0 Å². The fourth-order valence-electron chi connectivity index (χ4n) is 0.948. The van der Waals surface area contributed by atoms with Crippen molar-refractivity contribution in [2.45, 2.75) is 13.8 Å². The molecule has 0 saturated heterocycles. The molecule has 0 aromatic carbocycles. The minimum Gasteiger partial charge on any atom is -0.462 e. The van der Waals surface area contributed by atoms with Gasteiger partial charge in [0.15, 0.2) is 0 Å². The Bertz CT molecular complexity index is 298. The van der Waals surface area contributed by atoms with E-state index in [9.17, 15) is 9.59 Å². The Morgan fingerprint density at radius 3 is 1.88 bits per heavy atom. The fourth-order valence-corrected chi connectivity index (χ4v) is 0.948. The molecule has 0 rings (SSSR count).